The molecule has 0 aliphatic carbocycles. The van der Waals surface area contributed by atoms with E-state index < -0.39 is 48.5 Å². The number of rotatable bonds is 8. The zero-order chi connectivity index (χ0) is 14.5. The van der Waals surface area contributed by atoms with E-state index in [1.807, 2.05) is 0 Å². The Bertz CT molecular complexity index is 394. The zero-order valence-corrected chi connectivity index (χ0v) is 20.9. The van der Waals surface area contributed by atoms with E-state index in [1.165, 1.54) is 0 Å². The first-order chi connectivity index (χ1) is 8.08. The van der Waals surface area contributed by atoms with E-state index in [0.717, 1.165) is 0 Å². The molecule has 0 aromatic rings. The molecule has 0 aromatic carbocycles. The van der Waals surface area contributed by atoms with Crippen molar-refractivity contribution < 1.29 is 44.7 Å². The van der Waals surface area contributed by atoms with E-state index >= 15 is 0 Å². The number of hydrogen-bond donors (Lipinski definition) is 6. The van der Waals surface area contributed by atoms with Gasteiger partial charge in [0.25, 0.3) is 0 Å². The summed E-state index contributed by atoms with van der Waals surface area (Å²) < 4.78 is 0. The van der Waals surface area contributed by atoms with Crippen molar-refractivity contribution in [3.63, 3.8) is 0 Å². The van der Waals surface area contributed by atoms with Crippen molar-refractivity contribution in [1.82, 2.24) is 5.32 Å². The van der Waals surface area contributed by atoms with Gasteiger partial charge in [0.1, 0.15) is 6.04 Å². The molecule has 0 saturated carbocycles. The molecule has 22 heavy (non-hydrogen) atoms. The van der Waals surface area contributed by atoms with Gasteiger partial charge in [-0.15, -0.1) is 0 Å². The van der Waals surface area contributed by atoms with Gasteiger partial charge in [-0.2, -0.15) is 0 Å². The SMILES string of the molecule is O=C(O)CC(NC(O)(CC(=O)O)C(=O)O)C(=O)O.[Na].[Na].[Na].[Na]. The number of carboxylic acids is 4. The van der Waals surface area contributed by atoms with Gasteiger partial charge in [0.05, 0.1) is 12.8 Å². The minimum Gasteiger partial charge on any atom is -0.481 e. The quantitative estimate of drug-likeness (QED) is 0.186. The summed E-state index contributed by atoms with van der Waals surface area (Å²) in [4.78, 5) is 42.0. The van der Waals surface area contributed by atoms with Gasteiger partial charge in [0, 0.05) is 118 Å². The average Bonchev–Trinajstić information content (AvgIpc) is 2.13. The van der Waals surface area contributed by atoms with Crippen LogP contribution < -0.4 is 5.32 Å². The maximum absolute atomic E-state index is 10.7. The Kier molecular flexibility index (Phi) is 25.9. The summed E-state index contributed by atoms with van der Waals surface area (Å²) in [6.07, 6.45) is -2.35. The summed E-state index contributed by atoms with van der Waals surface area (Å²) in [5.41, 5.74) is -3.07. The van der Waals surface area contributed by atoms with Crippen molar-refractivity contribution in [3.8, 4) is 0 Å². The number of aliphatic hydroxyl groups is 1. The molecular formula is C8H11NNa4O9. The number of carboxylic acid groups (broad SMARTS) is 4. The fraction of sp³-hybridized carbons (Fsp3) is 0.500. The fourth-order valence-corrected chi connectivity index (χ4v) is 1.07. The minimum atomic E-state index is -3.07. The molecule has 10 nitrogen and oxygen atoms in total. The Morgan fingerprint density at radius 1 is 0.864 bits per heavy atom. The van der Waals surface area contributed by atoms with Gasteiger partial charge in [-0.05, 0) is 0 Å². The van der Waals surface area contributed by atoms with Crippen LogP contribution in [0.15, 0.2) is 0 Å². The average molecular weight is 357 g/mol. The van der Waals surface area contributed by atoms with Crippen molar-refractivity contribution >= 4 is 142 Å². The van der Waals surface area contributed by atoms with Gasteiger partial charge in [-0.25, -0.2) is 4.79 Å². The Morgan fingerprint density at radius 3 is 1.50 bits per heavy atom. The second kappa shape index (κ2) is 16.3. The van der Waals surface area contributed by atoms with Crippen LogP contribution in [0.25, 0.3) is 0 Å². The van der Waals surface area contributed by atoms with Crippen molar-refractivity contribution in [3.05, 3.63) is 0 Å². The smallest absolute Gasteiger partial charge is 0.351 e. The monoisotopic (exact) mass is 357 g/mol. The fourth-order valence-electron chi connectivity index (χ4n) is 1.07. The van der Waals surface area contributed by atoms with Crippen LogP contribution in [0.2, 0.25) is 0 Å². The van der Waals surface area contributed by atoms with Crippen LogP contribution in [-0.2, 0) is 19.2 Å². The molecule has 0 fully saturated rings. The van der Waals surface area contributed by atoms with Gasteiger partial charge < -0.3 is 25.5 Å². The van der Waals surface area contributed by atoms with Crippen molar-refractivity contribution in [2.24, 2.45) is 0 Å². The normalized spacial score (nSPS) is 12.6. The van der Waals surface area contributed by atoms with Crippen LogP contribution in [-0.4, -0.2) is 179 Å². The summed E-state index contributed by atoms with van der Waals surface area (Å²) in [6.45, 7) is 0. The second-order valence-electron chi connectivity index (χ2n) is 3.37. The second-order valence-corrected chi connectivity index (χ2v) is 3.37. The van der Waals surface area contributed by atoms with E-state index in [4.69, 9.17) is 20.4 Å². The zero-order valence-electron chi connectivity index (χ0n) is 12.9. The van der Waals surface area contributed by atoms with Crippen molar-refractivity contribution in [2.75, 3.05) is 0 Å². The maximum atomic E-state index is 10.7. The molecule has 0 saturated heterocycles. The molecule has 0 heterocycles. The van der Waals surface area contributed by atoms with Crippen LogP contribution >= 0.6 is 0 Å². The topological polar surface area (TPSA) is 181 Å². The number of nitrogens with one attached hydrogen (secondary N) is 1. The molecular weight excluding hydrogens is 346 g/mol. The van der Waals surface area contributed by atoms with Crippen LogP contribution in [0.3, 0.4) is 0 Å². The third-order valence-electron chi connectivity index (χ3n) is 1.85. The van der Waals surface area contributed by atoms with E-state index in [-0.39, 0.29) is 118 Å². The van der Waals surface area contributed by atoms with E-state index in [2.05, 4.69) is 0 Å². The summed E-state index contributed by atoms with van der Waals surface area (Å²) in [6, 6.07) is -1.94. The Labute approximate surface area is 213 Å². The summed E-state index contributed by atoms with van der Waals surface area (Å²) in [7, 11) is 0. The molecule has 4 radical (unpaired) electrons. The van der Waals surface area contributed by atoms with Crippen LogP contribution in [0.1, 0.15) is 12.8 Å². The van der Waals surface area contributed by atoms with Crippen molar-refractivity contribution in [1.29, 1.82) is 0 Å². The van der Waals surface area contributed by atoms with Gasteiger partial charge >= 0.3 is 23.9 Å². The van der Waals surface area contributed by atoms with E-state index in [0.29, 0.717) is 0 Å². The molecule has 0 aromatic heterocycles. The van der Waals surface area contributed by atoms with Gasteiger partial charge in [-0.1, -0.05) is 0 Å². The van der Waals surface area contributed by atoms with Crippen LogP contribution in [0.4, 0.5) is 0 Å². The molecule has 14 heteroatoms. The number of carbonyl (C=O) groups is 4. The first kappa shape index (κ1) is 35.0. The molecule has 0 spiro atoms. The predicted molar refractivity (Wildman–Crippen MR) is 74.7 cm³/mol. The summed E-state index contributed by atoms with van der Waals surface area (Å²) >= 11 is 0. The Balaban J connectivity index is -0.000000241. The third kappa shape index (κ3) is 14.2. The maximum Gasteiger partial charge on any atom is 0.351 e. The number of hydrogen-bond acceptors (Lipinski definition) is 6. The summed E-state index contributed by atoms with van der Waals surface area (Å²) in [5.74, 6) is -7.02. The van der Waals surface area contributed by atoms with Crippen molar-refractivity contribution in [2.45, 2.75) is 24.6 Å². The first-order valence-corrected chi connectivity index (χ1v) is 4.48. The van der Waals surface area contributed by atoms with Gasteiger partial charge in [-0.3, -0.25) is 19.7 Å². The third-order valence-corrected chi connectivity index (χ3v) is 1.85. The standard InChI is InChI=1S/C8H11NO9.4Na/c10-4(11)1-3(6(14)15)9-8(18,7(16)17)2-5(12)13;;;;/h3,9,18H,1-2H2,(H,10,11)(H,12,13)(H,14,15)(H,16,17);;;;. The number of aliphatic carboxylic acids is 4. The molecule has 2 unspecified atom stereocenters. The van der Waals surface area contributed by atoms with E-state index in [1.54, 1.807) is 5.32 Å². The molecule has 6 N–H and O–H groups in total. The molecule has 106 valence electrons. The van der Waals surface area contributed by atoms with E-state index in [9.17, 15) is 24.3 Å². The first-order valence-electron chi connectivity index (χ1n) is 4.48. The largest absolute Gasteiger partial charge is 0.481 e. The Hall–Kier alpha value is 1.80. The van der Waals surface area contributed by atoms with Crippen LogP contribution in [0, 0.1) is 0 Å². The van der Waals surface area contributed by atoms with Gasteiger partial charge in [0.15, 0.2) is 0 Å². The summed E-state index contributed by atoms with van der Waals surface area (Å²) in [5, 5.41) is 45.1. The molecule has 0 aliphatic heterocycles. The minimum absolute atomic E-state index is 0. The molecule has 0 bridgehead atoms. The molecule has 0 amide bonds. The molecule has 0 aliphatic rings. The van der Waals surface area contributed by atoms with Crippen LogP contribution in [0.5, 0.6) is 0 Å². The molecule has 0 rings (SSSR count). The molecule has 2 atom stereocenters. The predicted octanol–water partition coefficient (Wildman–Crippen LogP) is -3.77. The Morgan fingerprint density at radius 2 is 1.27 bits per heavy atom. The van der Waals surface area contributed by atoms with Gasteiger partial charge in [0.2, 0.25) is 5.72 Å².